The molecule has 1 aromatic heterocycles. The normalized spacial score (nSPS) is 19.0. The van der Waals surface area contributed by atoms with E-state index in [1.807, 2.05) is 13.1 Å². The minimum absolute atomic E-state index is 0.193. The van der Waals surface area contributed by atoms with Crippen molar-refractivity contribution in [2.24, 2.45) is 0 Å². The molecule has 0 radical (unpaired) electrons. The van der Waals surface area contributed by atoms with Crippen LogP contribution >= 0.6 is 0 Å². The summed E-state index contributed by atoms with van der Waals surface area (Å²) in [5.41, 5.74) is 2.10. The van der Waals surface area contributed by atoms with Gasteiger partial charge in [0.2, 0.25) is 0 Å². The van der Waals surface area contributed by atoms with Crippen LogP contribution in [0.3, 0.4) is 0 Å². The Balaban J connectivity index is 1.81. The number of rotatable bonds is 7. The Kier molecular flexibility index (Phi) is 6.21. The number of hydrogen-bond acceptors (Lipinski definition) is 5. The maximum Gasteiger partial charge on any atom is 0.316 e. The molecule has 1 aliphatic rings. The minimum atomic E-state index is 0.193. The molecule has 1 aliphatic heterocycles. The van der Waals surface area contributed by atoms with E-state index >= 15 is 0 Å². The molecule has 5 heteroatoms. The minimum Gasteiger partial charge on any atom is -0.461 e. The average Bonchev–Trinajstić information content (AvgIpc) is 2.48. The van der Waals surface area contributed by atoms with Gasteiger partial charge in [-0.25, -0.2) is 9.97 Å². The van der Waals surface area contributed by atoms with Crippen molar-refractivity contribution in [3.63, 3.8) is 0 Å². The van der Waals surface area contributed by atoms with Gasteiger partial charge in [-0.1, -0.05) is 6.92 Å². The standard InChI is InChI=1S/C15H25N3O2/c1-3-7-16-9-13-10-17-15(18-12(13)2)20-11-14-6-4-5-8-19-14/h10,14,16H,3-9,11H2,1-2H3. The lowest BCUT2D eigenvalue weighted by Crippen LogP contribution is -2.26. The van der Waals surface area contributed by atoms with Gasteiger partial charge >= 0.3 is 6.01 Å². The van der Waals surface area contributed by atoms with E-state index in [9.17, 15) is 0 Å². The predicted molar refractivity (Wildman–Crippen MR) is 77.9 cm³/mol. The second kappa shape index (κ2) is 8.17. The second-order valence-corrected chi connectivity index (χ2v) is 5.24. The Morgan fingerprint density at radius 2 is 2.35 bits per heavy atom. The van der Waals surface area contributed by atoms with Gasteiger partial charge in [-0.2, -0.15) is 0 Å². The highest BCUT2D eigenvalue weighted by molar-refractivity contribution is 5.17. The van der Waals surface area contributed by atoms with Crippen molar-refractivity contribution in [2.45, 2.75) is 52.2 Å². The van der Waals surface area contributed by atoms with Gasteiger partial charge in [-0.3, -0.25) is 0 Å². The zero-order valence-corrected chi connectivity index (χ0v) is 12.5. The number of aryl methyl sites for hydroxylation is 1. The van der Waals surface area contributed by atoms with Gasteiger partial charge in [0.05, 0.1) is 6.10 Å². The first kappa shape index (κ1) is 15.2. The predicted octanol–water partition coefficient (Wildman–Crippen LogP) is 2.23. The van der Waals surface area contributed by atoms with Gasteiger partial charge in [0.25, 0.3) is 0 Å². The maximum absolute atomic E-state index is 5.64. The molecule has 0 aromatic carbocycles. The van der Waals surface area contributed by atoms with Crippen LogP contribution < -0.4 is 10.1 Å². The van der Waals surface area contributed by atoms with E-state index in [1.165, 1.54) is 6.42 Å². The molecule has 0 amide bonds. The molecule has 0 spiro atoms. The van der Waals surface area contributed by atoms with Crippen molar-refractivity contribution in [3.8, 4) is 6.01 Å². The van der Waals surface area contributed by atoms with Crippen LogP contribution in [0.4, 0.5) is 0 Å². The van der Waals surface area contributed by atoms with E-state index < -0.39 is 0 Å². The summed E-state index contributed by atoms with van der Waals surface area (Å²) in [6.07, 6.45) is 6.61. The molecular weight excluding hydrogens is 254 g/mol. The molecule has 0 saturated carbocycles. The molecule has 1 atom stereocenters. The van der Waals surface area contributed by atoms with Crippen LogP contribution in [0.15, 0.2) is 6.20 Å². The van der Waals surface area contributed by atoms with Crippen molar-refractivity contribution in [2.75, 3.05) is 19.8 Å². The summed E-state index contributed by atoms with van der Waals surface area (Å²) in [5, 5.41) is 3.35. The van der Waals surface area contributed by atoms with Crippen molar-refractivity contribution < 1.29 is 9.47 Å². The zero-order chi connectivity index (χ0) is 14.2. The summed E-state index contributed by atoms with van der Waals surface area (Å²) in [6, 6.07) is 0.455. The first-order valence-electron chi connectivity index (χ1n) is 7.57. The van der Waals surface area contributed by atoms with E-state index in [1.54, 1.807) is 0 Å². The molecule has 112 valence electrons. The fraction of sp³-hybridized carbons (Fsp3) is 0.733. The molecule has 1 fully saturated rings. The summed E-state index contributed by atoms with van der Waals surface area (Å²) in [7, 11) is 0. The Labute approximate surface area is 121 Å². The summed E-state index contributed by atoms with van der Waals surface area (Å²) in [6.45, 7) is 7.36. The first-order valence-corrected chi connectivity index (χ1v) is 7.57. The topological polar surface area (TPSA) is 56.3 Å². The zero-order valence-electron chi connectivity index (χ0n) is 12.5. The van der Waals surface area contributed by atoms with Crippen molar-refractivity contribution >= 4 is 0 Å². The van der Waals surface area contributed by atoms with E-state index in [2.05, 4.69) is 22.2 Å². The van der Waals surface area contributed by atoms with Crippen LogP contribution in [-0.4, -0.2) is 35.8 Å². The van der Waals surface area contributed by atoms with E-state index in [4.69, 9.17) is 9.47 Å². The summed E-state index contributed by atoms with van der Waals surface area (Å²) in [5.74, 6) is 0. The van der Waals surface area contributed by atoms with Crippen molar-refractivity contribution in [1.29, 1.82) is 0 Å². The summed E-state index contributed by atoms with van der Waals surface area (Å²) in [4.78, 5) is 8.68. The number of nitrogens with one attached hydrogen (secondary N) is 1. The summed E-state index contributed by atoms with van der Waals surface area (Å²) < 4.78 is 11.3. The molecule has 1 saturated heterocycles. The lowest BCUT2D eigenvalue weighted by molar-refractivity contribution is -0.0129. The third-order valence-corrected chi connectivity index (χ3v) is 3.47. The highest BCUT2D eigenvalue weighted by Gasteiger charge is 2.15. The lowest BCUT2D eigenvalue weighted by atomic mass is 10.1. The fourth-order valence-corrected chi connectivity index (χ4v) is 2.22. The molecule has 1 N–H and O–H groups in total. The van der Waals surface area contributed by atoms with Crippen LogP contribution in [0.5, 0.6) is 6.01 Å². The van der Waals surface area contributed by atoms with Gasteiger partial charge < -0.3 is 14.8 Å². The van der Waals surface area contributed by atoms with Crippen LogP contribution in [0.1, 0.15) is 43.9 Å². The number of nitrogens with zero attached hydrogens (tertiary/aromatic N) is 2. The average molecular weight is 279 g/mol. The third kappa shape index (κ3) is 4.72. The van der Waals surface area contributed by atoms with Gasteiger partial charge in [-0.05, 0) is 39.2 Å². The van der Waals surface area contributed by atoms with Gasteiger partial charge in [-0.15, -0.1) is 0 Å². The Bertz CT molecular complexity index is 406. The molecule has 0 bridgehead atoms. The van der Waals surface area contributed by atoms with Crippen molar-refractivity contribution in [1.82, 2.24) is 15.3 Å². The van der Waals surface area contributed by atoms with Crippen LogP contribution in [0.25, 0.3) is 0 Å². The molecule has 0 aliphatic carbocycles. The van der Waals surface area contributed by atoms with E-state index in [-0.39, 0.29) is 6.10 Å². The van der Waals surface area contributed by atoms with Crippen LogP contribution in [0.2, 0.25) is 0 Å². The maximum atomic E-state index is 5.64. The molecule has 2 rings (SSSR count). The Morgan fingerprint density at radius 3 is 3.05 bits per heavy atom. The van der Waals surface area contributed by atoms with Crippen molar-refractivity contribution in [3.05, 3.63) is 17.5 Å². The smallest absolute Gasteiger partial charge is 0.316 e. The first-order chi connectivity index (χ1) is 9.79. The number of hydrogen-bond donors (Lipinski definition) is 1. The Hall–Kier alpha value is -1.20. The van der Waals surface area contributed by atoms with Crippen LogP contribution in [-0.2, 0) is 11.3 Å². The second-order valence-electron chi connectivity index (χ2n) is 5.24. The molecule has 5 nitrogen and oxygen atoms in total. The SMILES string of the molecule is CCCNCc1cnc(OCC2CCCCO2)nc1C. The van der Waals surface area contributed by atoms with Crippen LogP contribution in [0, 0.1) is 6.92 Å². The monoisotopic (exact) mass is 279 g/mol. The highest BCUT2D eigenvalue weighted by Crippen LogP contribution is 2.14. The Morgan fingerprint density at radius 1 is 1.45 bits per heavy atom. The number of aromatic nitrogens is 2. The van der Waals surface area contributed by atoms with Gasteiger partial charge in [0.15, 0.2) is 0 Å². The van der Waals surface area contributed by atoms with Gasteiger partial charge in [0.1, 0.15) is 6.61 Å². The van der Waals surface area contributed by atoms with E-state index in [0.717, 1.165) is 50.2 Å². The highest BCUT2D eigenvalue weighted by atomic mass is 16.5. The molecule has 1 aromatic rings. The largest absolute Gasteiger partial charge is 0.461 e. The lowest BCUT2D eigenvalue weighted by Gasteiger charge is -2.22. The third-order valence-electron chi connectivity index (χ3n) is 3.47. The quantitative estimate of drug-likeness (QED) is 0.776. The molecular formula is C15H25N3O2. The number of ether oxygens (including phenoxy) is 2. The van der Waals surface area contributed by atoms with Gasteiger partial charge in [0, 0.05) is 30.6 Å². The summed E-state index contributed by atoms with van der Waals surface area (Å²) >= 11 is 0. The van der Waals surface area contributed by atoms with E-state index in [0.29, 0.717) is 12.6 Å². The molecule has 1 unspecified atom stereocenters. The molecule has 2 heterocycles. The fourth-order valence-electron chi connectivity index (χ4n) is 2.22. The molecule has 20 heavy (non-hydrogen) atoms.